The van der Waals surface area contributed by atoms with Crippen molar-refractivity contribution in [3.8, 4) is 0 Å². The molecule has 0 saturated carbocycles. The lowest BCUT2D eigenvalue weighted by Crippen LogP contribution is -1.91. The third kappa shape index (κ3) is 13.7. The van der Waals surface area contributed by atoms with E-state index in [-0.39, 0.29) is 0 Å². The zero-order chi connectivity index (χ0) is 12.8. The Labute approximate surface area is 110 Å². The van der Waals surface area contributed by atoms with Gasteiger partial charge in [-0.2, -0.15) is 0 Å². The molecule has 0 heterocycles. The van der Waals surface area contributed by atoms with Crippen LogP contribution in [0.1, 0.15) is 77.6 Å². The van der Waals surface area contributed by atoms with Gasteiger partial charge in [-0.1, -0.05) is 84.3 Å². The molecule has 0 aromatic heterocycles. The molecule has 2 radical (unpaired) electrons. The van der Waals surface area contributed by atoms with Gasteiger partial charge in [-0.15, -0.1) is 0 Å². The Morgan fingerprint density at radius 1 is 0.824 bits per heavy atom. The smallest absolute Gasteiger partial charge is 0.0325 e. The van der Waals surface area contributed by atoms with Crippen LogP contribution < -0.4 is 0 Å². The van der Waals surface area contributed by atoms with Gasteiger partial charge in [0, 0.05) is 0 Å². The van der Waals surface area contributed by atoms with Crippen LogP contribution in [0.2, 0.25) is 0 Å². The normalized spacial score (nSPS) is 13.4. The van der Waals surface area contributed by atoms with E-state index >= 15 is 0 Å². The van der Waals surface area contributed by atoms with Crippen molar-refractivity contribution in [2.75, 3.05) is 0 Å². The lowest BCUT2D eigenvalue weighted by molar-refractivity contribution is 0.518. The molecule has 17 heavy (non-hydrogen) atoms. The van der Waals surface area contributed by atoms with E-state index in [9.17, 15) is 0 Å². The highest BCUT2D eigenvalue weighted by Gasteiger charge is 1.97. The largest absolute Gasteiger partial charge is 0.0885 e. The number of hydrogen-bond donors (Lipinski definition) is 0. The van der Waals surface area contributed by atoms with Crippen molar-refractivity contribution in [3.63, 3.8) is 0 Å². The fraction of sp³-hybridized carbons (Fsp3) is 0.765. The highest BCUT2D eigenvalue weighted by Crippen LogP contribution is 2.13. The lowest BCUT2D eigenvalue weighted by Gasteiger charge is -2.06. The van der Waals surface area contributed by atoms with Gasteiger partial charge in [-0.3, -0.25) is 0 Å². The highest BCUT2D eigenvalue weighted by molar-refractivity contribution is 4.83. The van der Waals surface area contributed by atoms with E-state index in [1.54, 1.807) is 0 Å². The van der Waals surface area contributed by atoms with Crippen molar-refractivity contribution in [1.29, 1.82) is 0 Å². The second-order valence-corrected chi connectivity index (χ2v) is 5.22. The first-order chi connectivity index (χ1) is 8.31. The second-order valence-electron chi connectivity index (χ2n) is 5.22. The first-order valence-electron chi connectivity index (χ1n) is 7.54. The van der Waals surface area contributed by atoms with Crippen LogP contribution in [0.15, 0.2) is 12.2 Å². The van der Waals surface area contributed by atoms with Crippen LogP contribution in [0.3, 0.4) is 0 Å². The molecule has 0 bridgehead atoms. The molecule has 0 rings (SSSR count). The number of hydrogen-bond acceptors (Lipinski definition) is 0. The van der Waals surface area contributed by atoms with Gasteiger partial charge in [0.2, 0.25) is 0 Å². The van der Waals surface area contributed by atoms with E-state index in [1.165, 1.54) is 57.8 Å². The van der Waals surface area contributed by atoms with Gasteiger partial charge in [0.25, 0.3) is 0 Å². The van der Waals surface area contributed by atoms with E-state index < -0.39 is 0 Å². The Morgan fingerprint density at radius 3 is 2.18 bits per heavy atom. The fourth-order valence-corrected chi connectivity index (χ4v) is 2.03. The van der Waals surface area contributed by atoms with E-state index in [4.69, 9.17) is 0 Å². The van der Waals surface area contributed by atoms with E-state index in [0.717, 1.165) is 18.8 Å². The molecule has 0 aliphatic rings. The minimum Gasteiger partial charge on any atom is -0.0885 e. The first kappa shape index (κ1) is 16.7. The molecule has 0 aromatic carbocycles. The molecule has 0 aromatic rings. The topological polar surface area (TPSA) is 0 Å². The van der Waals surface area contributed by atoms with Crippen LogP contribution in [0.5, 0.6) is 0 Å². The molecule has 0 fully saturated rings. The van der Waals surface area contributed by atoms with E-state index in [2.05, 4.69) is 32.9 Å². The van der Waals surface area contributed by atoms with Crippen LogP contribution >= 0.6 is 0 Å². The number of allylic oxidation sites excluding steroid dienone is 2. The van der Waals surface area contributed by atoms with Gasteiger partial charge < -0.3 is 0 Å². The average Bonchev–Trinajstić information content (AvgIpc) is 2.34. The van der Waals surface area contributed by atoms with E-state index in [0.29, 0.717) is 0 Å². The standard InChI is InChI=1S/C17H32/c1-4-6-8-9-10-11-12-13-14-16-17(3)15-7-5-2/h13-14,17H,1-2,4-12,15-16H2,3H3/b14-13+. The maximum Gasteiger partial charge on any atom is -0.0325 e. The van der Waals surface area contributed by atoms with Gasteiger partial charge in [0.05, 0.1) is 0 Å². The lowest BCUT2D eigenvalue weighted by atomic mass is 10.0. The maximum atomic E-state index is 3.89. The molecule has 1 atom stereocenters. The third-order valence-electron chi connectivity index (χ3n) is 3.27. The summed E-state index contributed by atoms with van der Waals surface area (Å²) in [6.45, 7) is 10.1. The molecule has 0 spiro atoms. The van der Waals surface area contributed by atoms with Crippen molar-refractivity contribution in [1.82, 2.24) is 0 Å². The second kappa shape index (κ2) is 13.8. The van der Waals surface area contributed by atoms with Gasteiger partial charge in [0.15, 0.2) is 0 Å². The monoisotopic (exact) mass is 236 g/mol. The zero-order valence-corrected chi connectivity index (χ0v) is 11.9. The Kier molecular flexibility index (Phi) is 13.6. The van der Waals surface area contributed by atoms with Crippen LogP contribution in [0.25, 0.3) is 0 Å². The van der Waals surface area contributed by atoms with Crippen LogP contribution in [0.4, 0.5) is 0 Å². The summed E-state index contributed by atoms with van der Waals surface area (Å²) < 4.78 is 0. The van der Waals surface area contributed by atoms with Crippen molar-refractivity contribution < 1.29 is 0 Å². The number of rotatable bonds is 12. The Morgan fingerprint density at radius 2 is 1.47 bits per heavy atom. The molecule has 0 amide bonds. The fourth-order valence-electron chi connectivity index (χ4n) is 2.03. The number of unbranched alkanes of at least 4 members (excludes halogenated alkanes) is 7. The molecule has 100 valence electrons. The third-order valence-corrected chi connectivity index (χ3v) is 3.27. The summed E-state index contributed by atoms with van der Waals surface area (Å²) in [4.78, 5) is 0. The molecular formula is C17H32. The summed E-state index contributed by atoms with van der Waals surface area (Å²) in [5, 5.41) is 0. The van der Waals surface area contributed by atoms with Gasteiger partial charge in [0.1, 0.15) is 0 Å². The summed E-state index contributed by atoms with van der Waals surface area (Å²) in [5.41, 5.74) is 0. The summed E-state index contributed by atoms with van der Waals surface area (Å²) in [6.07, 6.45) is 18.9. The van der Waals surface area contributed by atoms with Crippen molar-refractivity contribution >= 4 is 0 Å². The molecule has 0 nitrogen and oxygen atoms in total. The van der Waals surface area contributed by atoms with Crippen molar-refractivity contribution in [2.24, 2.45) is 5.92 Å². The molecule has 0 saturated heterocycles. The molecule has 0 heteroatoms. The molecule has 1 unspecified atom stereocenters. The van der Waals surface area contributed by atoms with Crippen LogP contribution in [-0.4, -0.2) is 0 Å². The Balaban J connectivity index is 3.19. The SMILES string of the molecule is [CH2]CCCCCCC/C=C/CC(C)CCC[CH2]. The van der Waals surface area contributed by atoms with Crippen molar-refractivity contribution in [3.05, 3.63) is 26.0 Å². The maximum absolute atomic E-state index is 3.89. The highest BCUT2D eigenvalue weighted by atomic mass is 14.0. The first-order valence-corrected chi connectivity index (χ1v) is 7.54. The minimum atomic E-state index is 0.838. The van der Waals surface area contributed by atoms with Crippen LogP contribution in [0, 0.1) is 19.8 Å². The quantitative estimate of drug-likeness (QED) is 0.282. The van der Waals surface area contributed by atoms with Crippen molar-refractivity contribution in [2.45, 2.75) is 77.6 Å². The zero-order valence-electron chi connectivity index (χ0n) is 11.9. The Bertz CT molecular complexity index is 157. The van der Waals surface area contributed by atoms with Crippen LogP contribution in [-0.2, 0) is 0 Å². The average molecular weight is 236 g/mol. The molecule has 0 aliphatic heterocycles. The molecular weight excluding hydrogens is 204 g/mol. The van der Waals surface area contributed by atoms with E-state index in [1.807, 2.05) is 0 Å². The minimum absolute atomic E-state index is 0.838. The summed E-state index contributed by atoms with van der Waals surface area (Å²) in [5.74, 6) is 0.838. The molecule has 0 aliphatic carbocycles. The summed E-state index contributed by atoms with van der Waals surface area (Å²) in [6, 6.07) is 0. The van der Waals surface area contributed by atoms with Gasteiger partial charge >= 0.3 is 0 Å². The summed E-state index contributed by atoms with van der Waals surface area (Å²) in [7, 11) is 0. The van der Waals surface area contributed by atoms with Gasteiger partial charge in [-0.25, -0.2) is 0 Å². The van der Waals surface area contributed by atoms with Gasteiger partial charge in [-0.05, 0) is 25.2 Å². The predicted molar refractivity (Wildman–Crippen MR) is 79.8 cm³/mol. The Hall–Kier alpha value is -0.260. The molecule has 0 N–H and O–H groups in total. The summed E-state index contributed by atoms with van der Waals surface area (Å²) >= 11 is 0. The predicted octanol–water partition coefficient (Wildman–Crippen LogP) is 6.14.